The fraction of sp³-hybridized carbons (Fsp3) is 0.200. The maximum Gasteiger partial charge on any atom is 0.301 e. The lowest BCUT2D eigenvalue weighted by Gasteiger charge is -2.17. The Morgan fingerprint density at radius 2 is 1.60 bits per heavy atom. The first-order valence-corrected chi connectivity index (χ1v) is 8.05. The van der Waals surface area contributed by atoms with Crippen LogP contribution >= 0.6 is 0 Å². The van der Waals surface area contributed by atoms with Gasteiger partial charge in [0, 0.05) is 0 Å². The van der Waals surface area contributed by atoms with Crippen LogP contribution in [-0.2, 0) is 9.59 Å². The van der Waals surface area contributed by atoms with Crippen molar-refractivity contribution in [3.63, 3.8) is 0 Å². The number of aliphatic hydroxyl groups is 1. The Morgan fingerprint density at radius 1 is 0.960 bits per heavy atom. The number of hydrogen-bond donors (Lipinski definition) is 1. The second kappa shape index (κ2) is 6.43. The summed E-state index contributed by atoms with van der Waals surface area (Å²) in [5.74, 6) is -1.12. The molecule has 0 spiro atoms. The first-order chi connectivity index (χ1) is 11.9. The number of benzene rings is 2. The second-order valence-corrected chi connectivity index (χ2v) is 6.15. The van der Waals surface area contributed by atoms with Crippen molar-refractivity contribution in [2.24, 2.45) is 0 Å². The third-order valence-corrected chi connectivity index (χ3v) is 3.93. The van der Waals surface area contributed by atoms with E-state index in [1.165, 1.54) is 0 Å². The number of hydrogen-bond acceptors (Lipinski definition) is 4. The van der Waals surface area contributed by atoms with Crippen molar-refractivity contribution < 1.29 is 19.4 Å². The molecule has 2 aromatic carbocycles. The van der Waals surface area contributed by atoms with Crippen molar-refractivity contribution in [1.82, 2.24) is 0 Å². The van der Waals surface area contributed by atoms with Gasteiger partial charge in [0.25, 0.3) is 5.91 Å². The third-order valence-electron chi connectivity index (χ3n) is 3.93. The van der Waals surface area contributed by atoms with Crippen molar-refractivity contribution >= 4 is 23.1 Å². The van der Waals surface area contributed by atoms with Crippen LogP contribution in [0.15, 0.2) is 54.3 Å². The van der Waals surface area contributed by atoms with Gasteiger partial charge in [-0.05, 0) is 50.1 Å². The van der Waals surface area contributed by atoms with E-state index in [4.69, 9.17) is 4.74 Å². The highest BCUT2D eigenvalue weighted by Gasteiger charge is 2.40. The van der Waals surface area contributed by atoms with Gasteiger partial charge < -0.3 is 9.84 Å². The molecule has 0 aliphatic carbocycles. The summed E-state index contributed by atoms with van der Waals surface area (Å²) in [6.07, 6.45) is 0.0321. The van der Waals surface area contributed by atoms with Crippen LogP contribution in [0.4, 0.5) is 5.69 Å². The lowest BCUT2D eigenvalue weighted by atomic mass is 10.1. The highest BCUT2D eigenvalue weighted by Crippen LogP contribution is 2.33. The Hall–Kier alpha value is -3.08. The predicted molar refractivity (Wildman–Crippen MR) is 95.4 cm³/mol. The van der Waals surface area contributed by atoms with Gasteiger partial charge in [-0.25, -0.2) is 4.90 Å². The summed E-state index contributed by atoms with van der Waals surface area (Å²) in [6.45, 7) is 5.64. The van der Waals surface area contributed by atoms with E-state index in [1.54, 1.807) is 36.4 Å². The molecule has 128 valence electrons. The molecule has 5 nitrogen and oxygen atoms in total. The summed E-state index contributed by atoms with van der Waals surface area (Å²) in [4.78, 5) is 26.2. The summed E-state index contributed by atoms with van der Waals surface area (Å²) in [5.41, 5.74) is 1.73. The predicted octanol–water partition coefficient (Wildman–Crippen LogP) is 3.62. The normalized spacial score (nSPS) is 14.6. The van der Waals surface area contributed by atoms with Crippen LogP contribution in [-0.4, -0.2) is 23.0 Å². The molecule has 1 N–H and O–H groups in total. The molecule has 0 aromatic heterocycles. The average Bonchev–Trinajstić information content (AvgIpc) is 2.79. The number of rotatable bonds is 4. The zero-order valence-electron chi connectivity index (χ0n) is 14.3. The summed E-state index contributed by atoms with van der Waals surface area (Å²) < 4.78 is 5.57. The van der Waals surface area contributed by atoms with Gasteiger partial charge in [-0.15, -0.1) is 0 Å². The van der Waals surface area contributed by atoms with Gasteiger partial charge in [-0.1, -0.05) is 30.3 Å². The van der Waals surface area contributed by atoms with Crippen molar-refractivity contribution in [1.29, 1.82) is 0 Å². The van der Waals surface area contributed by atoms with E-state index in [9.17, 15) is 14.7 Å². The molecule has 1 aliphatic heterocycles. The number of carbonyl (C=O) groups excluding carboxylic acids is 2. The van der Waals surface area contributed by atoms with E-state index in [0.29, 0.717) is 17.0 Å². The number of imide groups is 1. The quantitative estimate of drug-likeness (QED) is 0.865. The van der Waals surface area contributed by atoms with E-state index in [0.717, 1.165) is 10.5 Å². The largest absolute Gasteiger partial charge is 0.502 e. The standard InChI is InChI=1S/C20H19NO4/c1-12(2)25-15-10-8-14(9-11-15)17-18(22)20(24)21(19(17)23)16-7-5-4-6-13(16)3/h4-12,22H,1-3H3. The van der Waals surface area contributed by atoms with Crippen LogP contribution in [0.5, 0.6) is 5.75 Å². The minimum absolute atomic E-state index is 0.00403. The van der Waals surface area contributed by atoms with E-state index in [-0.39, 0.29) is 11.7 Å². The third kappa shape index (κ3) is 3.01. The molecule has 0 unspecified atom stereocenters. The number of aryl methyl sites for hydroxylation is 1. The van der Waals surface area contributed by atoms with Gasteiger partial charge in [-0.2, -0.15) is 0 Å². The van der Waals surface area contributed by atoms with Gasteiger partial charge >= 0.3 is 5.91 Å². The van der Waals surface area contributed by atoms with E-state index in [1.807, 2.05) is 32.9 Å². The number of anilines is 1. The van der Waals surface area contributed by atoms with Crippen LogP contribution in [0, 0.1) is 6.92 Å². The van der Waals surface area contributed by atoms with Crippen LogP contribution in [0.2, 0.25) is 0 Å². The molecule has 2 amide bonds. The van der Waals surface area contributed by atoms with Crippen LogP contribution in [0.25, 0.3) is 5.57 Å². The Morgan fingerprint density at radius 3 is 2.20 bits per heavy atom. The average molecular weight is 337 g/mol. The first kappa shape index (κ1) is 16.8. The fourth-order valence-electron chi connectivity index (χ4n) is 2.78. The Kier molecular flexibility index (Phi) is 4.31. The van der Waals surface area contributed by atoms with Crippen LogP contribution < -0.4 is 9.64 Å². The second-order valence-electron chi connectivity index (χ2n) is 6.15. The molecule has 1 aliphatic rings. The molecule has 25 heavy (non-hydrogen) atoms. The molecule has 2 aromatic rings. The molecule has 0 fully saturated rings. The van der Waals surface area contributed by atoms with Gasteiger partial charge in [0.1, 0.15) is 5.75 Å². The molecular formula is C20H19NO4. The number of ether oxygens (including phenoxy) is 1. The molecule has 0 atom stereocenters. The van der Waals surface area contributed by atoms with Crippen molar-refractivity contribution in [3.8, 4) is 5.75 Å². The van der Waals surface area contributed by atoms with Crippen molar-refractivity contribution in [3.05, 3.63) is 65.4 Å². The summed E-state index contributed by atoms with van der Waals surface area (Å²) in [6, 6.07) is 13.8. The van der Waals surface area contributed by atoms with Crippen LogP contribution in [0.1, 0.15) is 25.0 Å². The zero-order valence-corrected chi connectivity index (χ0v) is 14.3. The summed E-state index contributed by atoms with van der Waals surface area (Å²) in [7, 11) is 0. The molecule has 0 saturated heterocycles. The van der Waals surface area contributed by atoms with E-state index in [2.05, 4.69) is 0 Å². The number of aliphatic hydroxyl groups excluding tert-OH is 1. The summed E-state index contributed by atoms with van der Waals surface area (Å²) >= 11 is 0. The molecule has 1 heterocycles. The topological polar surface area (TPSA) is 66.8 Å². The van der Waals surface area contributed by atoms with E-state index < -0.39 is 17.6 Å². The summed E-state index contributed by atoms with van der Waals surface area (Å²) in [5, 5.41) is 10.3. The van der Waals surface area contributed by atoms with Gasteiger partial charge in [0.2, 0.25) is 0 Å². The Bertz CT molecular complexity index is 866. The highest BCUT2D eigenvalue weighted by molar-refractivity contribution is 6.45. The zero-order chi connectivity index (χ0) is 18.1. The minimum Gasteiger partial charge on any atom is -0.502 e. The Labute approximate surface area is 146 Å². The van der Waals surface area contributed by atoms with Gasteiger partial charge in [0.15, 0.2) is 5.76 Å². The highest BCUT2D eigenvalue weighted by atomic mass is 16.5. The molecular weight excluding hydrogens is 318 g/mol. The number of carbonyl (C=O) groups is 2. The SMILES string of the molecule is Cc1ccccc1N1C(=O)C(O)=C(c2ccc(OC(C)C)cc2)C1=O. The lowest BCUT2D eigenvalue weighted by Crippen LogP contribution is -2.32. The monoisotopic (exact) mass is 337 g/mol. The Balaban J connectivity index is 1.96. The fourth-order valence-corrected chi connectivity index (χ4v) is 2.78. The number of para-hydroxylation sites is 1. The maximum atomic E-state index is 12.8. The van der Waals surface area contributed by atoms with Crippen molar-refractivity contribution in [2.75, 3.05) is 4.90 Å². The molecule has 0 radical (unpaired) electrons. The lowest BCUT2D eigenvalue weighted by molar-refractivity contribution is -0.121. The molecule has 3 rings (SSSR count). The molecule has 5 heteroatoms. The van der Waals surface area contributed by atoms with Crippen LogP contribution in [0.3, 0.4) is 0 Å². The molecule has 0 saturated carbocycles. The number of amides is 2. The first-order valence-electron chi connectivity index (χ1n) is 8.05. The minimum atomic E-state index is -0.711. The van der Waals surface area contributed by atoms with Gasteiger partial charge in [-0.3, -0.25) is 9.59 Å². The molecule has 0 bridgehead atoms. The van der Waals surface area contributed by atoms with Crippen molar-refractivity contribution in [2.45, 2.75) is 26.9 Å². The number of nitrogens with zero attached hydrogens (tertiary/aromatic N) is 1. The smallest absolute Gasteiger partial charge is 0.301 e. The van der Waals surface area contributed by atoms with E-state index >= 15 is 0 Å². The van der Waals surface area contributed by atoms with Gasteiger partial charge in [0.05, 0.1) is 17.4 Å². The maximum absolute atomic E-state index is 12.8.